The van der Waals surface area contributed by atoms with Crippen molar-refractivity contribution in [1.29, 1.82) is 0 Å². The van der Waals surface area contributed by atoms with Gasteiger partial charge in [-0.3, -0.25) is 4.90 Å². The summed E-state index contributed by atoms with van der Waals surface area (Å²) in [6, 6.07) is 10.9. The van der Waals surface area contributed by atoms with Gasteiger partial charge in [-0.2, -0.15) is 13.2 Å². The number of pyridine rings is 1. The van der Waals surface area contributed by atoms with E-state index in [-0.39, 0.29) is 12.4 Å². The summed E-state index contributed by atoms with van der Waals surface area (Å²) in [6.45, 7) is 2.08. The van der Waals surface area contributed by atoms with Crippen molar-refractivity contribution in [2.75, 3.05) is 25.0 Å². The van der Waals surface area contributed by atoms with Crippen molar-refractivity contribution in [2.24, 2.45) is 0 Å². The zero-order valence-electron chi connectivity index (χ0n) is 16.2. The van der Waals surface area contributed by atoms with Crippen LogP contribution in [0.15, 0.2) is 42.5 Å². The van der Waals surface area contributed by atoms with Crippen LogP contribution in [-0.4, -0.2) is 64.1 Å². The number of fused-ring (bicyclic) bond motifs is 1. The van der Waals surface area contributed by atoms with E-state index in [1.807, 2.05) is 12.1 Å². The minimum absolute atomic E-state index is 0.0317. The second kappa shape index (κ2) is 8.50. The SMILES string of the molecule is O[C@@H]1[C@H](O)[C@@H](Nc2cccc(C(F)(F)F)n2)CO[C@@H]1CN1CCc2ccccc2C1. The molecule has 1 saturated heterocycles. The van der Waals surface area contributed by atoms with Gasteiger partial charge in [-0.15, -0.1) is 0 Å². The molecule has 0 unspecified atom stereocenters. The third-order valence-electron chi connectivity index (χ3n) is 5.65. The van der Waals surface area contributed by atoms with Gasteiger partial charge >= 0.3 is 6.18 Å². The molecule has 0 bridgehead atoms. The Bertz CT molecular complexity index is 880. The van der Waals surface area contributed by atoms with Crippen molar-refractivity contribution < 1.29 is 28.1 Å². The molecule has 30 heavy (non-hydrogen) atoms. The fraction of sp³-hybridized carbons (Fsp3) is 0.476. The Morgan fingerprint density at radius 2 is 1.83 bits per heavy atom. The molecule has 0 radical (unpaired) electrons. The minimum atomic E-state index is -4.56. The van der Waals surface area contributed by atoms with Gasteiger partial charge in [0, 0.05) is 19.6 Å². The minimum Gasteiger partial charge on any atom is -0.388 e. The molecule has 0 amide bonds. The van der Waals surface area contributed by atoms with E-state index in [1.165, 1.54) is 23.3 Å². The number of nitrogens with zero attached hydrogens (tertiary/aromatic N) is 2. The zero-order valence-corrected chi connectivity index (χ0v) is 16.2. The van der Waals surface area contributed by atoms with E-state index >= 15 is 0 Å². The molecule has 3 heterocycles. The van der Waals surface area contributed by atoms with Crippen molar-refractivity contribution in [1.82, 2.24) is 9.88 Å². The van der Waals surface area contributed by atoms with Gasteiger partial charge in [0.1, 0.15) is 23.7 Å². The van der Waals surface area contributed by atoms with Crippen molar-refractivity contribution >= 4 is 5.82 Å². The number of anilines is 1. The largest absolute Gasteiger partial charge is 0.433 e. The second-order valence-corrected chi connectivity index (χ2v) is 7.76. The van der Waals surface area contributed by atoms with Crippen molar-refractivity contribution in [3.8, 4) is 0 Å². The average molecular weight is 423 g/mol. The molecule has 4 rings (SSSR count). The molecule has 4 atom stereocenters. The Morgan fingerprint density at radius 3 is 2.60 bits per heavy atom. The molecule has 1 aromatic heterocycles. The molecule has 2 aromatic rings. The van der Waals surface area contributed by atoms with E-state index in [0.717, 1.165) is 25.6 Å². The summed E-state index contributed by atoms with van der Waals surface area (Å²) in [5.41, 5.74) is 1.53. The number of halogens is 3. The van der Waals surface area contributed by atoms with E-state index < -0.39 is 36.2 Å². The summed E-state index contributed by atoms with van der Waals surface area (Å²) in [6.07, 6.45) is -6.60. The third-order valence-corrected chi connectivity index (χ3v) is 5.65. The van der Waals surface area contributed by atoms with E-state index in [2.05, 4.69) is 27.3 Å². The number of aliphatic hydroxyl groups excluding tert-OH is 2. The molecule has 0 aliphatic carbocycles. The van der Waals surface area contributed by atoms with Gasteiger partial charge in [0.15, 0.2) is 0 Å². The van der Waals surface area contributed by atoms with Gasteiger partial charge in [0.25, 0.3) is 0 Å². The van der Waals surface area contributed by atoms with E-state index in [0.29, 0.717) is 6.54 Å². The normalized spacial score (nSPS) is 27.5. The number of hydrogen-bond donors (Lipinski definition) is 3. The molecule has 6 nitrogen and oxygen atoms in total. The molecule has 0 spiro atoms. The fourth-order valence-corrected chi connectivity index (χ4v) is 4.00. The Hall–Kier alpha value is -2.20. The van der Waals surface area contributed by atoms with Crippen molar-refractivity contribution in [3.05, 3.63) is 59.3 Å². The Balaban J connectivity index is 1.36. The second-order valence-electron chi connectivity index (χ2n) is 7.76. The summed E-state index contributed by atoms with van der Waals surface area (Å²) < 4.78 is 44.3. The Labute approximate surface area is 172 Å². The van der Waals surface area contributed by atoms with Crippen LogP contribution in [0.5, 0.6) is 0 Å². The van der Waals surface area contributed by atoms with Gasteiger partial charge in [0.05, 0.1) is 18.8 Å². The van der Waals surface area contributed by atoms with Gasteiger partial charge in [-0.25, -0.2) is 4.98 Å². The van der Waals surface area contributed by atoms with Crippen LogP contribution < -0.4 is 5.32 Å². The first-order valence-electron chi connectivity index (χ1n) is 9.89. The molecular weight excluding hydrogens is 399 g/mol. The highest BCUT2D eigenvalue weighted by Crippen LogP contribution is 2.29. The number of benzene rings is 1. The van der Waals surface area contributed by atoms with Crippen LogP contribution in [0, 0.1) is 0 Å². The van der Waals surface area contributed by atoms with Crippen LogP contribution >= 0.6 is 0 Å². The monoisotopic (exact) mass is 423 g/mol. The number of hydrogen-bond acceptors (Lipinski definition) is 6. The predicted molar refractivity (Wildman–Crippen MR) is 104 cm³/mol. The van der Waals surface area contributed by atoms with Gasteiger partial charge in [0.2, 0.25) is 0 Å². The maximum absolute atomic E-state index is 12.8. The lowest BCUT2D eigenvalue weighted by Crippen LogP contribution is -2.58. The van der Waals surface area contributed by atoms with Crippen molar-refractivity contribution in [2.45, 2.75) is 43.5 Å². The van der Waals surface area contributed by atoms with Gasteiger partial charge < -0.3 is 20.3 Å². The highest BCUT2D eigenvalue weighted by Gasteiger charge is 2.40. The van der Waals surface area contributed by atoms with Crippen LogP contribution in [0.3, 0.4) is 0 Å². The molecule has 2 aliphatic heterocycles. The Morgan fingerprint density at radius 1 is 1.07 bits per heavy atom. The summed E-state index contributed by atoms with van der Waals surface area (Å²) in [5, 5.41) is 23.8. The van der Waals surface area contributed by atoms with Crippen LogP contribution in [0.1, 0.15) is 16.8 Å². The molecular formula is C21H24F3N3O3. The lowest BCUT2D eigenvalue weighted by molar-refractivity contribution is -0.147. The predicted octanol–water partition coefficient (Wildman–Crippen LogP) is 2.06. The van der Waals surface area contributed by atoms with E-state index in [1.54, 1.807) is 0 Å². The molecule has 2 aliphatic rings. The molecule has 1 fully saturated rings. The smallest absolute Gasteiger partial charge is 0.388 e. The summed E-state index contributed by atoms with van der Waals surface area (Å²) >= 11 is 0. The first-order chi connectivity index (χ1) is 14.3. The number of nitrogens with one attached hydrogen (secondary N) is 1. The summed E-state index contributed by atoms with van der Waals surface area (Å²) in [5.74, 6) is -0.0317. The third kappa shape index (κ3) is 4.59. The molecule has 1 aromatic carbocycles. The first kappa shape index (κ1) is 21.0. The van der Waals surface area contributed by atoms with Gasteiger partial charge in [-0.1, -0.05) is 30.3 Å². The number of alkyl halides is 3. The number of rotatable bonds is 4. The standard InChI is InChI=1S/C21H24F3N3O3/c22-21(23,24)17-6-3-7-18(26-17)25-15-12-30-16(20(29)19(15)28)11-27-9-8-13-4-1-2-5-14(13)10-27/h1-7,15-16,19-20,28-29H,8-12H2,(H,25,26)/t15-,16+,19+,20-/m0/s1. The maximum Gasteiger partial charge on any atom is 0.433 e. The number of aliphatic hydroxyl groups is 2. The van der Waals surface area contributed by atoms with Crippen LogP contribution in [0.25, 0.3) is 0 Å². The fourth-order valence-electron chi connectivity index (χ4n) is 4.00. The van der Waals surface area contributed by atoms with Gasteiger partial charge in [-0.05, 0) is 29.7 Å². The highest BCUT2D eigenvalue weighted by atomic mass is 19.4. The van der Waals surface area contributed by atoms with Crippen molar-refractivity contribution in [3.63, 3.8) is 0 Å². The van der Waals surface area contributed by atoms with Crippen LogP contribution in [0.4, 0.5) is 19.0 Å². The Kier molecular flexibility index (Phi) is 5.97. The number of ether oxygens (including phenoxy) is 1. The lowest BCUT2D eigenvalue weighted by atomic mass is 9.95. The van der Waals surface area contributed by atoms with E-state index in [9.17, 15) is 23.4 Å². The van der Waals surface area contributed by atoms with Crippen LogP contribution in [0.2, 0.25) is 0 Å². The molecule has 162 valence electrons. The average Bonchev–Trinajstić information content (AvgIpc) is 2.73. The lowest BCUT2D eigenvalue weighted by Gasteiger charge is -2.41. The maximum atomic E-state index is 12.8. The van der Waals surface area contributed by atoms with E-state index in [4.69, 9.17) is 4.74 Å². The van der Waals surface area contributed by atoms with Crippen LogP contribution in [-0.2, 0) is 23.9 Å². The zero-order chi connectivity index (χ0) is 21.3. The summed E-state index contributed by atoms with van der Waals surface area (Å²) in [7, 11) is 0. The molecule has 0 saturated carbocycles. The summed E-state index contributed by atoms with van der Waals surface area (Å²) in [4.78, 5) is 5.71. The molecule has 9 heteroatoms. The molecule has 3 N–H and O–H groups in total. The highest BCUT2D eigenvalue weighted by molar-refractivity contribution is 5.38. The topological polar surface area (TPSA) is 77.8 Å². The quantitative estimate of drug-likeness (QED) is 0.699. The first-order valence-corrected chi connectivity index (χ1v) is 9.89. The number of aromatic nitrogens is 1.